The molecule has 3 aromatic rings. The van der Waals surface area contributed by atoms with Gasteiger partial charge >= 0.3 is 5.97 Å². The van der Waals surface area contributed by atoms with Crippen LogP contribution < -0.4 is 4.80 Å². The molecule has 0 unspecified atom stereocenters. The highest BCUT2D eigenvalue weighted by Crippen LogP contribution is 2.25. The second-order valence-corrected chi connectivity index (χ2v) is 7.84. The minimum Gasteiger partial charge on any atom is -0.462 e. The molecule has 1 saturated heterocycles. The molecule has 4 rings (SSSR count). The van der Waals surface area contributed by atoms with Crippen LogP contribution in [0.5, 0.6) is 0 Å². The number of halogens is 1. The lowest BCUT2D eigenvalue weighted by molar-refractivity contribution is 0.0526. The predicted octanol–water partition coefficient (Wildman–Crippen LogP) is 4.94. The van der Waals surface area contributed by atoms with Gasteiger partial charge in [-0.3, -0.25) is 0 Å². The first-order valence-corrected chi connectivity index (χ1v) is 10.9. The van der Waals surface area contributed by atoms with Crippen molar-refractivity contribution in [3.8, 4) is 11.3 Å². The van der Waals surface area contributed by atoms with Gasteiger partial charge in [-0.05, 0) is 56.2 Å². The summed E-state index contributed by atoms with van der Waals surface area (Å²) in [7, 11) is 0. The summed E-state index contributed by atoms with van der Waals surface area (Å²) < 4.78 is 27.3. The molecule has 30 heavy (non-hydrogen) atoms. The maximum Gasteiger partial charge on any atom is 0.338 e. The monoisotopic (exact) mass is 426 g/mol. The maximum absolute atomic E-state index is 14.5. The molecule has 2 aromatic carbocycles. The summed E-state index contributed by atoms with van der Waals surface area (Å²) in [6, 6.07) is 13.7. The van der Waals surface area contributed by atoms with Crippen LogP contribution in [0.2, 0.25) is 0 Å². The fourth-order valence-electron chi connectivity index (χ4n) is 3.47. The fourth-order valence-corrected chi connectivity index (χ4v) is 4.40. The highest BCUT2D eigenvalue weighted by molar-refractivity contribution is 7.07. The number of rotatable bonds is 6. The molecule has 1 atom stereocenters. The topological polar surface area (TPSA) is 52.8 Å². The smallest absolute Gasteiger partial charge is 0.338 e. The lowest BCUT2D eigenvalue weighted by Gasteiger charge is -2.14. The van der Waals surface area contributed by atoms with E-state index in [-0.39, 0.29) is 17.9 Å². The standard InChI is InChI=1S/C23H23FN2O3S/c1-2-28-22(27)16-9-11-17(12-10-16)25-23-26(14-18-6-5-13-29-18)21(15-30-23)19-7-3-4-8-20(19)24/h3-4,7-12,15,18H,2,5-6,13-14H2,1H3/t18-/m1/s1. The predicted molar refractivity (Wildman–Crippen MR) is 114 cm³/mol. The fraction of sp³-hybridized carbons (Fsp3) is 0.304. The molecular formula is C23H23FN2O3S. The van der Waals surface area contributed by atoms with E-state index in [1.807, 2.05) is 16.0 Å². The van der Waals surface area contributed by atoms with Gasteiger partial charge in [0.2, 0.25) is 0 Å². The first-order chi connectivity index (χ1) is 14.7. The van der Waals surface area contributed by atoms with E-state index in [0.717, 1.165) is 29.9 Å². The Morgan fingerprint density at radius 1 is 1.27 bits per heavy atom. The first-order valence-electron chi connectivity index (χ1n) is 10.0. The highest BCUT2D eigenvalue weighted by atomic mass is 32.1. The van der Waals surface area contributed by atoms with E-state index in [1.54, 1.807) is 43.3 Å². The number of hydrogen-bond donors (Lipinski definition) is 0. The number of esters is 1. The van der Waals surface area contributed by atoms with Gasteiger partial charge in [0.15, 0.2) is 4.80 Å². The molecule has 1 aliphatic rings. The van der Waals surface area contributed by atoms with Crippen molar-refractivity contribution in [1.82, 2.24) is 4.57 Å². The molecule has 0 spiro atoms. The van der Waals surface area contributed by atoms with Crippen LogP contribution in [0.15, 0.2) is 58.9 Å². The molecule has 0 saturated carbocycles. The molecule has 156 valence electrons. The lowest BCUT2D eigenvalue weighted by Crippen LogP contribution is -2.24. The van der Waals surface area contributed by atoms with E-state index in [9.17, 15) is 9.18 Å². The Bertz CT molecular complexity index is 1080. The summed E-state index contributed by atoms with van der Waals surface area (Å²) >= 11 is 1.46. The minimum absolute atomic E-state index is 0.0928. The van der Waals surface area contributed by atoms with Crippen LogP contribution in [0.3, 0.4) is 0 Å². The van der Waals surface area contributed by atoms with Crippen molar-refractivity contribution in [2.45, 2.75) is 32.4 Å². The number of thiazole rings is 1. The first kappa shape index (κ1) is 20.5. The Labute approximate surface area is 178 Å². The quantitative estimate of drug-likeness (QED) is 0.525. The zero-order valence-corrected chi connectivity index (χ0v) is 17.5. The lowest BCUT2D eigenvalue weighted by atomic mass is 10.1. The van der Waals surface area contributed by atoms with Crippen molar-refractivity contribution in [3.05, 3.63) is 70.1 Å². The molecule has 0 aliphatic carbocycles. The third-order valence-corrected chi connectivity index (χ3v) is 5.82. The molecule has 1 aromatic heterocycles. The van der Waals surface area contributed by atoms with Gasteiger partial charge in [0.05, 0.1) is 36.2 Å². The molecule has 0 amide bonds. The van der Waals surface area contributed by atoms with E-state index in [4.69, 9.17) is 14.5 Å². The molecule has 7 heteroatoms. The van der Waals surface area contributed by atoms with Gasteiger partial charge < -0.3 is 14.0 Å². The van der Waals surface area contributed by atoms with Gasteiger partial charge in [0.25, 0.3) is 0 Å². The van der Waals surface area contributed by atoms with Crippen molar-refractivity contribution >= 4 is 23.0 Å². The van der Waals surface area contributed by atoms with E-state index in [2.05, 4.69) is 0 Å². The zero-order chi connectivity index (χ0) is 20.9. The van der Waals surface area contributed by atoms with E-state index < -0.39 is 0 Å². The van der Waals surface area contributed by atoms with Crippen molar-refractivity contribution < 1.29 is 18.7 Å². The van der Waals surface area contributed by atoms with E-state index in [0.29, 0.717) is 30.0 Å². The molecule has 2 heterocycles. The molecule has 0 bridgehead atoms. The van der Waals surface area contributed by atoms with Crippen LogP contribution in [0.25, 0.3) is 11.3 Å². The summed E-state index contributed by atoms with van der Waals surface area (Å²) in [5.74, 6) is -0.614. The normalized spacial score (nSPS) is 16.7. The molecule has 1 aliphatic heterocycles. The van der Waals surface area contributed by atoms with Gasteiger partial charge in [-0.2, -0.15) is 0 Å². The van der Waals surface area contributed by atoms with Crippen molar-refractivity contribution in [3.63, 3.8) is 0 Å². The van der Waals surface area contributed by atoms with Gasteiger partial charge in [0.1, 0.15) is 5.82 Å². The van der Waals surface area contributed by atoms with Crippen LogP contribution in [0.1, 0.15) is 30.1 Å². The Morgan fingerprint density at radius 2 is 2.07 bits per heavy atom. The number of aromatic nitrogens is 1. The van der Waals surface area contributed by atoms with Crippen molar-refractivity contribution in [2.75, 3.05) is 13.2 Å². The summed E-state index contributed by atoms with van der Waals surface area (Å²) in [5.41, 5.74) is 2.54. The summed E-state index contributed by atoms with van der Waals surface area (Å²) in [5, 5.41) is 1.93. The summed E-state index contributed by atoms with van der Waals surface area (Å²) in [6.07, 6.45) is 2.11. The Morgan fingerprint density at radius 3 is 2.77 bits per heavy atom. The van der Waals surface area contributed by atoms with Crippen LogP contribution in [0, 0.1) is 5.82 Å². The zero-order valence-electron chi connectivity index (χ0n) is 16.7. The average Bonchev–Trinajstić information content (AvgIpc) is 3.40. The third kappa shape index (κ3) is 4.52. The van der Waals surface area contributed by atoms with Crippen LogP contribution in [-0.4, -0.2) is 29.9 Å². The van der Waals surface area contributed by atoms with Crippen LogP contribution in [0.4, 0.5) is 10.1 Å². The Kier molecular flexibility index (Phi) is 6.40. The van der Waals surface area contributed by atoms with Crippen LogP contribution in [-0.2, 0) is 16.0 Å². The second-order valence-electron chi connectivity index (χ2n) is 7.01. The Hall–Kier alpha value is -2.77. The Balaban J connectivity index is 1.72. The molecular weight excluding hydrogens is 403 g/mol. The number of nitrogens with zero attached hydrogens (tertiary/aromatic N) is 2. The second kappa shape index (κ2) is 9.36. The number of hydrogen-bond acceptors (Lipinski definition) is 5. The highest BCUT2D eigenvalue weighted by Gasteiger charge is 2.20. The number of ether oxygens (including phenoxy) is 2. The number of benzene rings is 2. The van der Waals surface area contributed by atoms with Crippen molar-refractivity contribution in [2.24, 2.45) is 4.99 Å². The largest absolute Gasteiger partial charge is 0.462 e. The van der Waals surface area contributed by atoms with Crippen LogP contribution >= 0.6 is 11.3 Å². The van der Waals surface area contributed by atoms with Crippen molar-refractivity contribution in [1.29, 1.82) is 0 Å². The SMILES string of the molecule is CCOC(=O)c1ccc(N=c2scc(-c3ccccc3F)n2C[C@H]2CCCO2)cc1. The van der Waals surface area contributed by atoms with Gasteiger partial charge in [0, 0.05) is 17.6 Å². The third-order valence-electron chi connectivity index (χ3n) is 4.96. The van der Waals surface area contributed by atoms with E-state index >= 15 is 0 Å². The maximum atomic E-state index is 14.5. The molecule has 1 fully saturated rings. The minimum atomic E-state index is -0.351. The summed E-state index contributed by atoms with van der Waals surface area (Å²) in [6.45, 7) is 3.49. The molecule has 5 nitrogen and oxygen atoms in total. The summed E-state index contributed by atoms with van der Waals surface area (Å²) in [4.78, 5) is 17.4. The van der Waals surface area contributed by atoms with E-state index in [1.165, 1.54) is 17.4 Å². The van der Waals surface area contributed by atoms with Gasteiger partial charge in [-0.25, -0.2) is 14.2 Å². The number of carbonyl (C=O) groups is 1. The number of carbonyl (C=O) groups excluding carboxylic acids is 1. The average molecular weight is 427 g/mol. The van der Waals surface area contributed by atoms with Gasteiger partial charge in [-0.15, -0.1) is 11.3 Å². The molecule has 0 radical (unpaired) electrons. The van der Waals surface area contributed by atoms with Gasteiger partial charge in [-0.1, -0.05) is 12.1 Å². The molecule has 0 N–H and O–H groups in total.